The number of hydrogen-bond donors (Lipinski definition) is 3. The van der Waals surface area contributed by atoms with E-state index in [4.69, 9.17) is 4.74 Å². The summed E-state index contributed by atoms with van der Waals surface area (Å²) in [5.74, 6) is -0.791. The highest BCUT2D eigenvalue weighted by atomic mass is 16.5. The van der Waals surface area contributed by atoms with E-state index in [2.05, 4.69) is 10.6 Å². The topological polar surface area (TPSA) is 87.7 Å². The Labute approximate surface area is 102 Å². The molecule has 0 bridgehead atoms. The Balaban J connectivity index is 3.60. The molecule has 17 heavy (non-hydrogen) atoms. The SMILES string of the molecule is CNC[C@H](O)CCCNC(=O)[C@H](C)OC(C)=O. The molecular formula is C11H22N2O4. The van der Waals surface area contributed by atoms with E-state index in [0.29, 0.717) is 25.9 Å². The lowest BCUT2D eigenvalue weighted by atomic mass is 10.2. The smallest absolute Gasteiger partial charge is 0.303 e. The highest BCUT2D eigenvalue weighted by Crippen LogP contribution is 1.96. The van der Waals surface area contributed by atoms with E-state index in [9.17, 15) is 14.7 Å². The predicted molar refractivity (Wildman–Crippen MR) is 63.4 cm³/mol. The number of esters is 1. The van der Waals surface area contributed by atoms with Crippen LogP contribution in [0.15, 0.2) is 0 Å². The van der Waals surface area contributed by atoms with Crippen molar-refractivity contribution in [2.45, 2.75) is 38.9 Å². The molecule has 0 aliphatic rings. The number of likely N-dealkylation sites (N-methyl/N-ethyl adjacent to an activating group) is 1. The van der Waals surface area contributed by atoms with Crippen LogP contribution in [-0.4, -0.2) is 49.3 Å². The third-order valence-corrected chi connectivity index (χ3v) is 2.17. The van der Waals surface area contributed by atoms with Crippen molar-refractivity contribution >= 4 is 11.9 Å². The second kappa shape index (κ2) is 8.95. The summed E-state index contributed by atoms with van der Waals surface area (Å²) in [6.45, 7) is 3.79. The van der Waals surface area contributed by atoms with Crippen molar-refractivity contribution in [1.82, 2.24) is 10.6 Å². The molecule has 0 rings (SSSR count). The number of aliphatic hydroxyl groups excluding tert-OH is 1. The molecule has 0 saturated carbocycles. The second-order valence-electron chi connectivity index (χ2n) is 3.90. The van der Waals surface area contributed by atoms with Gasteiger partial charge in [0.2, 0.25) is 0 Å². The van der Waals surface area contributed by atoms with E-state index in [0.717, 1.165) is 0 Å². The van der Waals surface area contributed by atoms with Crippen molar-refractivity contribution in [2.75, 3.05) is 20.1 Å². The van der Waals surface area contributed by atoms with Crippen LogP contribution in [0.25, 0.3) is 0 Å². The lowest BCUT2D eigenvalue weighted by molar-refractivity contribution is -0.152. The largest absolute Gasteiger partial charge is 0.453 e. The number of carbonyl (C=O) groups is 2. The molecule has 0 fully saturated rings. The fourth-order valence-electron chi connectivity index (χ4n) is 1.33. The van der Waals surface area contributed by atoms with Crippen molar-refractivity contribution < 1.29 is 19.4 Å². The summed E-state index contributed by atoms with van der Waals surface area (Å²) in [5, 5.41) is 14.9. The van der Waals surface area contributed by atoms with Crippen molar-refractivity contribution in [1.29, 1.82) is 0 Å². The van der Waals surface area contributed by atoms with Gasteiger partial charge in [-0.3, -0.25) is 9.59 Å². The van der Waals surface area contributed by atoms with E-state index < -0.39 is 18.2 Å². The standard InChI is InChI=1S/C11H22N2O4/c1-8(17-9(2)14)11(16)13-6-4-5-10(15)7-12-3/h8,10,12,15H,4-7H2,1-3H3,(H,13,16)/t8-,10+/m0/s1. The van der Waals surface area contributed by atoms with Crippen LogP contribution in [-0.2, 0) is 14.3 Å². The number of aliphatic hydroxyl groups is 1. The molecule has 0 radical (unpaired) electrons. The average molecular weight is 246 g/mol. The van der Waals surface area contributed by atoms with Crippen molar-refractivity contribution in [3.8, 4) is 0 Å². The number of nitrogens with one attached hydrogen (secondary N) is 2. The fourth-order valence-corrected chi connectivity index (χ4v) is 1.33. The van der Waals surface area contributed by atoms with Crippen LogP contribution in [0.5, 0.6) is 0 Å². The first-order valence-electron chi connectivity index (χ1n) is 5.75. The third-order valence-electron chi connectivity index (χ3n) is 2.17. The zero-order valence-corrected chi connectivity index (χ0v) is 10.7. The Bertz CT molecular complexity index is 246. The number of carbonyl (C=O) groups excluding carboxylic acids is 2. The number of ether oxygens (including phenoxy) is 1. The zero-order chi connectivity index (χ0) is 13.3. The number of amides is 1. The summed E-state index contributed by atoms with van der Waals surface area (Å²) in [7, 11) is 1.77. The maximum atomic E-state index is 11.4. The molecular weight excluding hydrogens is 224 g/mol. The van der Waals surface area contributed by atoms with Crippen LogP contribution in [0.4, 0.5) is 0 Å². The van der Waals surface area contributed by atoms with Gasteiger partial charge < -0.3 is 20.5 Å². The minimum absolute atomic E-state index is 0.316. The molecule has 0 aliphatic heterocycles. The molecule has 0 heterocycles. The third kappa shape index (κ3) is 8.65. The Kier molecular flexibility index (Phi) is 8.35. The van der Waals surface area contributed by atoms with Crippen LogP contribution in [0, 0.1) is 0 Å². The normalized spacial score (nSPS) is 13.9. The summed E-state index contributed by atoms with van der Waals surface area (Å²) in [6.07, 6.45) is 0.127. The summed E-state index contributed by atoms with van der Waals surface area (Å²) >= 11 is 0. The van der Waals surface area contributed by atoms with Gasteiger partial charge >= 0.3 is 5.97 Å². The van der Waals surface area contributed by atoms with Crippen LogP contribution >= 0.6 is 0 Å². The van der Waals surface area contributed by atoms with Crippen LogP contribution in [0.2, 0.25) is 0 Å². The highest BCUT2D eigenvalue weighted by Gasteiger charge is 2.14. The molecule has 0 aliphatic carbocycles. The molecule has 0 unspecified atom stereocenters. The maximum Gasteiger partial charge on any atom is 0.303 e. The quantitative estimate of drug-likeness (QED) is 0.394. The molecule has 0 spiro atoms. The molecule has 0 saturated heterocycles. The second-order valence-corrected chi connectivity index (χ2v) is 3.90. The summed E-state index contributed by atoms with van der Waals surface area (Å²) in [5.41, 5.74) is 0. The van der Waals surface area contributed by atoms with E-state index in [1.807, 2.05) is 0 Å². The van der Waals surface area contributed by atoms with E-state index in [1.165, 1.54) is 13.8 Å². The van der Waals surface area contributed by atoms with E-state index in [-0.39, 0.29) is 5.91 Å². The first-order chi connectivity index (χ1) is 7.97. The maximum absolute atomic E-state index is 11.4. The van der Waals surface area contributed by atoms with Gasteiger partial charge in [0.25, 0.3) is 5.91 Å². The number of hydrogen-bond acceptors (Lipinski definition) is 5. The van der Waals surface area contributed by atoms with Gasteiger partial charge in [-0.1, -0.05) is 0 Å². The van der Waals surface area contributed by atoms with E-state index >= 15 is 0 Å². The van der Waals surface area contributed by atoms with Gasteiger partial charge in [0, 0.05) is 20.0 Å². The molecule has 6 heteroatoms. The Morgan fingerprint density at radius 3 is 2.59 bits per heavy atom. The molecule has 6 nitrogen and oxygen atoms in total. The number of rotatable bonds is 8. The minimum Gasteiger partial charge on any atom is -0.453 e. The van der Waals surface area contributed by atoms with Gasteiger partial charge in [-0.05, 0) is 26.8 Å². The van der Waals surface area contributed by atoms with E-state index in [1.54, 1.807) is 7.05 Å². The summed E-state index contributed by atoms with van der Waals surface area (Å²) in [6, 6.07) is 0. The van der Waals surface area contributed by atoms with Gasteiger partial charge in [0.05, 0.1) is 6.10 Å². The average Bonchev–Trinajstić information content (AvgIpc) is 2.23. The molecule has 2 atom stereocenters. The Morgan fingerprint density at radius 1 is 1.41 bits per heavy atom. The van der Waals surface area contributed by atoms with Crippen molar-refractivity contribution in [2.24, 2.45) is 0 Å². The molecule has 1 amide bonds. The first-order valence-corrected chi connectivity index (χ1v) is 5.75. The first kappa shape index (κ1) is 15.9. The van der Waals surface area contributed by atoms with Crippen LogP contribution < -0.4 is 10.6 Å². The molecule has 100 valence electrons. The highest BCUT2D eigenvalue weighted by molar-refractivity contribution is 5.82. The van der Waals surface area contributed by atoms with Crippen LogP contribution in [0.1, 0.15) is 26.7 Å². The lowest BCUT2D eigenvalue weighted by Gasteiger charge is -2.13. The van der Waals surface area contributed by atoms with Gasteiger partial charge in [-0.2, -0.15) is 0 Å². The fraction of sp³-hybridized carbons (Fsp3) is 0.818. The Hall–Kier alpha value is -1.14. The lowest BCUT2D eigenvalue weighted by Crippen LogP contribution is -2.36. The zero-order valence-electron chi connectivity index (χ0n) is 10.7. The molecule has 3 N–H and O–H groups in total. The van der Waals surface area contributed by atoms with Crippen molar-refractivity contribution in [3.05, 3.63) is 0 Å². The van der Waals surface area contributed by atoms with Gasteiger partial charge in [0.15, 0.2) is 6.10 Å². The minimum atomic E-state index is -0.769. The molecule has 0 aromatic heterocycles. The predicted octanol–water partition coefficient (Wildman–Crippen LogP) is -0.585. The molecule has 0 aromatic carbocycles. The summed E-state index contributed by atoms with van der Waals surface area (Å²) < 4.78 is 4.72. The summed E-state index contributed by atoms with van der Waals surface area (Å²) in [4.78, 5) is 22.0. The van der Waals surface area contributed by atoms with Gasteiger partial charge in [-0.25, -0.2) is 0 Å². The molecule has 0 aromatic rings. The van der Waals surface area contributed by atoms with Crippen molar-refractivity contribution in [3.63, 3.8) is 0 Å². The van der Waals surface area contributed by atoms with Gasteiger partial charge in [0.1, 0.15) is 0 Å². The Morgan fingerprint density at radius 2 is 2.06 bits per heavy atom. The van der Waals surface area contributed by atoms with Crippen LogP contribution in [0.3, 0.4) is 0 Å². The van der Waals surface area contributed by atoms with Gasteiger partial charge in [-0.15, -0.1) is 0 Å². The monoisotopic (exact) mass is 246 g/mol.